The van der Waals surface area contributed by atoms with Crippen LogP contribution in [0.15, 0.2) is 42.9 Å². The summed E-state index contributed by atoms with van der Waals surface area (Å²) in [6, 6.07) is 2.41. The van der Waals surface area contributed by atoms with Crippen LogP contribution in [0.2, 0.25) is 0 Å². The van der Waals surface area contributed by atoms with Gasteiger partial charge in [-0.2, -0.15) is 18.3 Å². The van der Waals surface area contributed by atoms with Crippen molar-refractivity contribution in [2.45, 2.75) is 25.1 Å². The van der Waals surface area contributed by atoms with E-state index in [2.05, 4.69) is 10.4 Å². The number of amides is 3. The van der Waals surface area contributed by atoms with Gasteiger partial charge in [-0.05, 0) is 31.0 Å². The van der Waals surface area contributed by atoms with Crippen molar-refractivity contribution >= 4 is 23.3 Å². The van der Waals surface area contributed by atoms with Gasteiger partial charge < -0.3 is 19.7 Å². The Kier molecular flexibility index (Phi) is 3.95. The number of benzene rings is 1. The first-order valence-corrected chi connectivity index (χ1v) is 10.3. The van der Waals surface area contributed by atoms with E-state index in [1.54, 1.807) is 26.4 Å². The van der Waals surface area contributed by atoms with Crippen LogP contribution in [-0.4, -0.2) is 62.0 Å². The molecule has 2 aromatic heterocycles. The molecular formula is C22H23F3N6O2. The van der Waals surface area contributed by atoms with Crippen LogP contribution in [0.3, 0.4) is 0 Å². The molecule has 2 aliphatic rings. The zero-order chi connectivity index (χ0) is 26.0. The predicted molar refractivity (Wildman–Crippen MR) is 114 cm³/mol. The molecule has 3 heterocycles. The number of likely N-dealkylation sites (tertiary alicyclic amines) is 1. The van der Waals surface area contributed by atoms with Gasteiger partial charge in [0.1, 0.15) is 11.2 Å². The molecule has 1 saturated heterocycles. The van der Waals surface area contributed by atoms with E-state index in [1.807, 2.05) is 7.05 Å². The molecule has 1 spiro atoms. The molecule has 1 aliphatic carbocycles. The molecule has 0 atom stereocenters. The maximum atomic E-state index is 13.0. The molecule has 174 valence electrons. The van der Waals surface area contributed by atoms with Crippen molar-refractivity contribution in [2.75, 3.05) is 25.4 Å². The lowest BCUT2D eigenvalue weighted by molar-refractivity contribution is -0.137. The fourth-order valence-corrected chi connectivity index (χ4v) is 4.78. The fourth-order valence-electron chi connectivity index (χ4n) is 4.78. The number of hydrogen-bond acceptors (Lipinski definition) is 3. The van der Waals surface area contributed by atoms with Crippen molar-refractivity contribution in [2.24, 2.45) is 12.5 Å². The maximum Gasteiger partial charge on any atom is 0.416 e. The van der Waals surface area contributed by atoms with E-state index in [4.69, 9.17) is 4.11 Å². The number of aromatic nitrogens is 3. The summed E-state index contributed by atoms with van der Waals surface area (Å²) in [5.41, 5.74) is -0.244. The Labute approximate surface area is 191 Å². The summed E-state index contributed by atoms with van der Waals surface area (Å²) in [5, 5.41) is 6.47. The first-order valence-electron chi connectivity index (χ1n) is 11.8. The third-order valence-corrected chi connectivity index (χ3v) is 6.47. The van der Waals surface area contributed by atoms with E-state index in [0.29, 0.717) is 42.0 Å². The number of urea groups is 1. The minimum atomic E-state index is -4.60. The monoisotopic (exact) mass is 463 g/mol. The van der Waals surface area contributed by atoms with Crippen LogP contribution < -0.4 is 5.32 Å². The van der Waals surface area contributed by atoms with E-state index >= 15 is 0 Å². The minimum Gasteiger partial charge on any atom is -0.337 e. The molecule has 0 radical (unpaired) electrons. The van der Waals surface area contributed by atoms with E-state index < -0.39 is 30.8 Å². The molecule has 3 aromatic rings. The van der Waals surface area contributed by atoms with Gasteiger partial charge in [-0.3, -0.25) is 4.79 Å². The van der Waals surface area contributed by atoms with Crippen molar-refractivity contribution in [3.8, 4) is 0 Å². The first-order chi connectivity index (χ1) is 16.8. The molecule has 33 heavy (non-hydrogen) atoms. The van der Waals surface area contributed by atoms with Crippen molar-refractivity contribution in [1.29, 1.82) is 0 Å². The lowest BCUT2D eigenvalue weighted by Gasteiger charge is -2.60. The standard InChI is InChI=1S/C22H23F3N6O2/c1-28-6-7-31-18(28)17(11-26-31)19(32)30-12-21(13-30)9-16(10-21)29(2)20(33)27-15-5-3-4-14(8-15)22(23,24)25/h3-8,11,16H,9-10,12-13H2,1-2H3,(H,27,33)/i2D3. The van der Waals surface area contributed by atoms with E-state index in [0.717, 1.165) is 18.2 Å². The molecule has 5 rings (SSSR count). The van der Waals surface area contributed by atoms with Crippen LogP contribution in [0.5, 0.6) is 0 Å². The highest BCUT2D eigenvalue weighted by Crippen LogP contribution is 2.50. The first kappa shape index (κ1) is 18.0. The van der Waals surface area contributed by atoms with Crippen LogP contribution in [0, 0.1) is 5.41 Å². The number of carbonyl (C=O) groups is 2. The quantitative estimate of drug-likeness (QED) is 0.647. The number of imidazole rings is 1. The maximum absolute atomic E-state index is 13.0. The molecule has 8 nitrogen and oxygen atoms in total. The number of nitrogens with zero attached hydrogens (tertiary/aromatic N) is 5. The topological polar surface area (TPSA) is 74.9 Å². The van der Waals surface area contributed by atoms with Crippen LogP contribution in [0.1, 0.15) is 32.9 Å². The Morgan fingerprint density at radius 3 is 2.73 bits per heavy atom. The summed E-state index contributed by atoms with van der Waals surface area (Å²) in [5.74, 6) is -0.171. The molecule has 1 aromatic carbocycles. The Morgan fingerprint density at radius 1 is 1.27 bits per heavy atom. The Morgan fingerprint density at radius 2 is 2.03 bits per heavy atom. The summed E-state index contributed by atoms with van der Waals surface area (Å²) in [4.78, 5) is 28.2. The second-order valence-electron chi connectivity index (χ2n) is 8.84. The molecule has 0 bridgehead atoms. The average molecular weight is 463 g/mol. The summed E-state index contributed by atoms with van der Waals surface area (Å²) in [7, 11) is 1.82. The number of hydrogen-bond donors (Lipinski definition) is 1. The van der Waals surface area contributed by atoms with Gasteiger partial charge in [-0.15, -0.1) is 0 Å². The number of anilines is 1. The van der Waals surface area contributed by atoms with Gasteiger partial charge in [0, 0.05) is 60.8 Å². The van der Waals surface area contributed by atoms with Crippen molar-refractivity contribution in [3.63, 3.8) is 0 Å². The smallest absolute Gasteiger partial charge is 0.337 e. The third kappa shape index (κ3) is 3.61. The lowest BCUT2D eigenvalue weighted by Crippen LogP contribution is -2.67. The third-order valence-electron chi connectivity index (χ3n) is 6.47. The van der Waals surface area contributed by atoms with Gasteiger partial charge in [-0.1, -0.05) is 6.07 Å². The Balaban J connectivity index is 1.23. The number of aryl methyl sites for hydroxylation is 1. The molecule has 11 heteroatoms. The SMILES string of the molecule is [2H]C([2H])([2H])N(C(=O)Nc1cccc(C(F)(F)F)c1)C1CC2(C1)CN(C(=O)c1cnn3ccn(C)c13)C2. The number of halogens is 3. The van der Waals surface area contributed by atoms with Gasteiger partial charge >= 0.3 is 12.2 Å². The normalized spacial score (nSPS) is 19.4. The molecule has 3 amide bonds. The van der Waals surface area contributed by atoms with Gasteiger partial charge in [-0.25, -0.2) is 9.31 Å². The van der Waals surface area contributed by atoms with Gasteiger partial charge in [0.25, 0.3) is 5.91 Å². The van der Waals surface area contributed by atoms with Crippen LogP contribution in [-0.2, 0) is 13.2 Å². The van der Waals surface area contributed by atoms with Crippen LogP contribution in [0.4, 0.5) is 23.7 Å². The Hall–Kier alpha value is -3.50. The van der Waals surface area contributed by atoms with Crippen LogP contribution in [0.25, 0.3) is 5.65 Å². The average Bonchev–Trinajstić information content (AvgIpc) is 3.30. The summed E-state index contributed by atoms with van der Waals surface area (Å²) >= 11 is 0. The van der Waals surface area contributed by atoms with Crippen molar-refractivity contribution in [3.05, 3.63) is 54.0 Å². The Bertz CT molecular complexity index is 1330. The van der Waals surface area contributed by atoms with Gasteiger partial charge in [0.05, 0.1) is 11.8 Å². The zero-order valence-electron chi connectivity index (χ0n) is 20.6. The summed E-state index contributed by atoms with van der Waals surface area (Å²) < 4.78 is 65.8. The predicted octanol–water partition coefficient (Wildman–Crippen LogP) is 3.46. The molecule has 2 fully saturated rings. The second kappa shape index (κ2) is 7.26. The molecular weight excluding hydrogens is 437 g/mol. The lowest BCUT2D eigenvalue weighted by atomic mass is 9.60. The molecule has 1 saturated carbocycles. The highest BCUT2D eigenvalue weighted by Gasteiger charge is 2.55. The second-order valence-corrected chi connectivity index (χ2v) is 8.84. The summed E-state index contributed by atoms with van der Waals surface area (Å²) in [6.45, 7) is -1.93. The molecule has 1 N–H and O–H groups in total. The van der Waals surface area contributed by atoms with E-state index in [-0.39, 0.29) is 17.0 Å². The van der Waals surface area contributed by atoms with Gasteiger partial charge in [0.2, 0.25) is 0 Å². The number of fused-ring (bicyclic) bond motifs is 1. The van der Waals surface area contributed by atoms with Crippen LogP contribution >= 0.6 is 0 Å². The highest BCUT2D eigenvalue weighted by molar-refractivity contribution is 6.00. The largest absolute Gasteiger partial charge is 0.416 e. The van der Waals surface area contributed by atoms with E-state index in [1.165, 1.54) is 12.3 Å². The fraction of sp³-hybridized carbons (Fsp3) is 0.409. The van der Waals surface area contributed by atoms with Crippen molar-refractivity contribution in [1.82, 2.24) is 24.0 Å². The number of nitrogens with one attached hydrogen (secondary N) is 1. The highest BCUT2D eigenvalue weighted by atomic mass is 19.4. The molecule has 1 aliphatic heterocycles. The molecule has 0 unspecified atom stereocenters. The van der Waals surface area contributed by atoms with Crippen molar-refractivity contribution < 1.29 is 26.9 Å². The van der Waals surface area contributed by atoms with Gasteiger partial charge in [0.15, 0.2) is 0 Å². The number of rotatable bonds is 3. The van der Waals surface area contributed by atoms with E-state index in [9.17, 15) is 22.8 Å². The summed E-state index contributed by atoms with van der Waals surface area (Å²) in [6.07, 6.45) is 1.20. The number of alkyl halides is 3. The minimum absolute atomic E-state index is 0.147. The zero-order valence-corrected chi connectivity index (χ0v) is 17.6. The number of carbonyl (C=O) groups excluding carboxylic acids is 2.